The Morgan fingerprint density at radius 2 is 1.77 bits per heavy atom. The van der Waals surface area contributed by atoms with Gasteiger partial charge in [-0.15, -0.1) is 11.8 Å². The van der Waals surface area contributed by atoms with Gasteiger partial charge in [-0.2, -0.15) is 4.98 Å². The van der Waals surface area contributed by atoms with Crippen LogP contribution in [0, 0.1) is 12.7 Å². The van der Waals surface area contributed by atoms with Gasteiger partial charge in [0.25, 0.3) is 0 Å². The summed E-state index contributed by atoms with van der Waals surface area (Å²) in [6.07, 6.45) is 3.74. The fourth-order valence-electron chi connectivity index (χ4n) is 6.85. The van der Waals surface area contributed by atoms with Crippen LogP contribution in [0.1, 0.15) is 32.3 Å². The first-order valence-electron chi connectivity index (χ1n) is 14.2. The maximum Gasteiger partial charge on any atom is 0.350 e. The van der Waals surface area contributed by atoms with Crippen LogP contribution < -0.4 is 10.6 Å². The average molecular weight is 562 g/mol. The van der Waals surface area contributed by atoms with E-state index >= 15 is 0 Å². The number of aromatic nitrogens is 2. The normalized spacial score (nSPS) is 23.4. The second kappa shape index (κ2) is 10.7. The van der Waals surface area contributed by atoms with Crippen molar-refractivity contribution in [3.63, 3.8) is 0 Å². The first-order valence-corrected chi connectivity index (χ1v) is 15.2. The summed E-state index contributed by atoms with van der Waals surface area (Å²) in [6.45, 7) is 13.7. The van der Waals surface area contributed by atoms with Crippen LogP contribution in [0.4, 0.5) is 10.2 Å². The standard InChI is InChI=1S/C31H36FN5O2S/c1-5-26(38)37-20(3)15-35(16-21(37)4)30-25-14-19(2)27(22-8-10-23(32)11-9-22)29-28(25)36(31(39)33-30)17-24(18-40-29)34-12-6-7-13-34/h5,8-11,14,20-21,24H,1,6-7,12-13,15-18H2,2-4H3/t20-,21+,24?. The molecule has 0 radical (unpaired) electrons. The largest absolute Gasteiger partial charge is 0.352 e. The number of likely N-dealkylation sites (tertiary alicyclic amines) is 1. The van der Waals surface area contributed by atoms with E-state index in [0.29, 0.717) is 25.5 Å². The number of halogens is 1. The highest BCUT2D eigenvalue weighted by atomic mass is 32.2. The Hall–Kier alpha value is -3.17. The predicted molar refractivity (Wildman–Crippen MR) is 160 cm³/mol. The number of rotatable bonds is 4. The number of aryl methyl sites for hydroxylation is 1. The summed E-state index contributed by atoms with van der Waals surface area (Å²) < 4.78 is 15.8. The van der Waals surface area contributed by atoms with Crippen molar-refractivity contribution in [1.29, 1.82) is 0 Å². The predicted octanol–water partition coefficient (Wildman–Crippen LogP) is 4.69. The fraction of sp³-hybridized carbons (Fsp3) is 0.452. The Balaban J connectivity index is 1.53. The maximum absolute atomic E-state index is 13.9. The van der Waals surface area contributed by atoms with Gasteiger partial charge in [-0.05, 0) is 82.1 Å². The molecule has 1 amide bonds. The lowest BCUT2D eigenvalue weighted by Crippen LogP contribution is -2.58. The Labute approximate surface area is 238 Å². The second-order valence-corrected chi connectivity index (χ2v) is 12.4. The Kier molecular flexibility index (Phi) is 7.21. The number of nitrogens with zero attached hydrogens (tertiary/aromatic N) is 5. The summed E-state index contributed by atoms with van der Waals surface area (Å²) in [4.78, 5) is 38.7. The van der Waals surface area contributed by atoms with E-state index in [2.05, 4.69) is 29.4 Å². The molecule has 1 unspecified atom stereocenters. The van der Waals surface area contributed by atoms with Gasteiger partial charge in [-0.3, -0.25) is 14.3 Å². The highest BCUT2D eigenvalue weighted by molar-refractivity contribution is 7.99. The van der Waals surface area contributed by atoms with E-state index in [1.165, 1.54) is 31.1 Å². The maximum atomic E-state index is 13.9. The molecule has 2 saturated heterocycles. The number of hydrogen-bond acceptors (Lipinski definition) is 6. The summed E-state index contributed by atoms with van der Waals surface area (Å²) in [7, 11) is 0. The van der Waals surface area contributed by atoms with Crippen molar-refractivity contribution in [1.82, 2.24) is 19.4 Å². The third-order valence-corrected chi connectivity index (χ3v) is 9.88. The minimum absolute atomic E-state index is 0.0582. The zero-order valence-electron chi connectivity index (χ0n) is 23.4. The topological polar surface area (TPSA) is 61.7 Å². The lowest BCUT2D eigenvalue weighted by molar-refractivity contribution is -0.130. The molecule has 3 aliphatic rings. The minimum Gasteiger partial charge on any atom is -0.352 e. The van der Waals surface area contributed by atoms with Gasteiger partial charge in [0.2, 0.25) is 5.91 Å². The minimum atomic E-state index is -0.268. The molecule has 210 valence electrons. The first kappa shape index (κ1) is 27.0. The van der Waals surface area contributed by atoms with Gasteiger partial charge in [0.15, 0.2) is 0 Å². The summed E-state index contributed by atoms with van der Waals surface area (Å²) >= 11 is 1.80. The smallest absolute Gasteiger partial charge is 0.350 e. The molecule has 0 saturated carbocycles. The van der Waals surface area contributed by atoms with E-state index in [1.807, 2.05) is 35.4 Å². The van der Waals surface area contributed by atoms with Crippen molar-refractivity contribution in [2.24, 2.45) is 0 Å². The number of hydrogen-bond donors (Lipinski definition) is 0. The molecule has 1 aromatic heterocycles. The van der Waals surface area contributed by atoms with E-state index in [1.54, 1.807) is 11.8 Å². The van der Waals surface area contributed by atoms with Crippen LogP contribution >= 0.6 is 11.8 Å². The van der Waals surface area contributed by atoms with Gasteiger partial charge < -0.3 is 9.80 Å². The molecule has 9 heteroatoms. The van der Waals surface area contributed by atoms with Crippen molar-refractivity contribution in [3.8, 4) is 11.1 Å². The molecular formula is C31H36FN5O2S. The molecule has 2 aromatic carbocycles. The van der Waals surface area contributed by atoms with Crippen LogP contribution in [-0.4, -0.2) is 75.3 Å². The average Bonchev–Trinajstić information content (AvgIpc) is 3.39. The molecule has 6 rings (SSSR count). The molecule has 3 atom stereocenters. The van der Waals surface area contributed by atoms with Gasteiger partial charge in [-0.25, -0.2) is 9.18 Å². The Morgan fingerprint density at radius 1 is 1.10 bits per heavy atom. The number of benzene rings is 2. The quantitative estimate of drug-likeness (QED) is 0.431. The lowest BCUT2D eigenvalue weighted by Gasteiger charge is -2.44. The molecule has 0 aliphatic carbocycles. The van der Waals surface area contributed by atoms with Gasteiger partial charge in [-0.1, -0.05) is 18.7 Å². The third-order valence-electron chi connectivity index (χ3n) is 8.65. The monoisotopic (exact) mass is 561 g/mol. The number of piperazine rings is 1. The number of thioether (sulfide) groups is 1. The van der Waals surface area contributed by atoms with Crippen molar-refractivity contribution in [2.75, 3.05) is 36.8 Å². The second-order valence-electron chi connectivity index (χ2n) is 11.4. The number of carbonyl (C=O) groups excluding carboxylic acids is 1. The summed E-state index contributed by atoms with van der Waals surface area (Å²) in [6, 6.07) is 8.91. The first-order chi connectivity index (χ1) is 19.3. The molecule has 0 spiro atoms. The number of anilines is 1. The Morgan fingerprint density at radius 3 is 2.42 bits per heavy atom. The van der Waals surface area contributed by atoms with Crippen molar-refractivity contribution >= 4 is 34.4 Å². The zero-order valence-corrected chi connectivity index (χ0v) is 24.2. The van der Waals surface area contributed by atoms with Crippen molar-refractivity contribution in [3.05, 3.63) is 64.9 Å². The van der Waals surface area contributed by atoms with E-state index in [9.17, 15) is 14.0 Å². The number of carbonyl (C=O) groups is 1. The van der Waals surface area contributed by atoms with Crippen LogP contribution in [0.3, 0.4) is 0 Å². The summed E-state index contributed by atoms with van der Waals surface area (Å²) in [5.74, 6) is 1.20. The van der Waals surface area contributed by atoms with E-state index < -0.39 is 0 Å². The molecule has 0 bridgehead atoms. The molecular weight excluding hydrogens is 525 g/mol. The van der Waals surface area contributed by atoms with E-state index in [-0.39, 0.29) is 35.5 Å². The SMILES string of the molecule is C=CC(=O)N1[C@H](C)CN(c2nc(=O)n3c4c(c(-c5ccc(F)cc5)c(C)cc24)SCC(N2CCCC2)C3)C[C@@H]1C. The highest BCUT2D eigenvalue weighted by Gasteiger charge is 2.35. The molecule has 3 aromatic rings. The Bertz CT molecular complexity index is 1520. The van der Waals surface area contributed by atoms with Gasteiger partial charge in [0, 0.05) is 59.4 Å². The van der Waals surface area contributed by atoms with Gasteiger partial charge >= 0.3 is 5.69 Å². The van der Waals surface area contributed by atoms with E-state index in [0.717, 1.165) is 51.3 Å². The molecule has 4 heterocycles. The highest BCUT2D eigenvalue weighted by Crippen LogP contribution is 2.44. The van der Waals surface area contributed by atoms with E-state index in [4.69, 9.17) is 4.98 Å². The fourth-order valence-corrected chi connectivity index (χ4v) is 8.31. The van der Waals surface area contributed by atoms with Crippen LogP contribution in [0.5, 0.6) is 0 Å². The number of amides is 1. The van der Waals surface area contributed by atoms with Crippen LogP contribution in [0.2, 0.25) is 0 Å². The van der Waals surface area contributed by atoms with Crippen molar-refractivity contribution < 1.29 is 9.18 Å². The molecule has 3 aliphatic heterocycles. The molecule has 40 heavy (non-hydrogen) atoms. The lowest BCUT2D eigenvalue weighted by atomic mass is 9.97. The zero-order chi connectivity index (χ0) is 28.1. The summed E-state index contributed by atoms with van der Waals surface area (Å²) in [5.41, 5.74) is 3.73. The molecule has 2 fully saturated rings. The van der Waals surface area contributed by atoms with Crippen molar-refractivity contribution in [2.45, 2.75) is 63.2 Å². The molecule has 7 nitrogen and oxygen atoms in total. The summed E-state index contributed by atoms with van der Waals surface area (Å²) in [5, 5.41) is 0.954. The van der Waals surface area contributed by atoms with Gasteiger partial charge in [0.1, 0.15) is 11.6 Å². The van der Waals surface area contributed by atoms with Crippen LogP contribution in [0.25, 0.3) is 22.0 Å². The van der Waals surface area contributed by atoms with Crippen LogP contribution in [0.15, 0.2) is 52.7 Å². The molecule has 0 N–H and O–H groups in total. The third kappa shape index (κ3) is 4.63. The van der Waals surface area contributed by atoms with Gasteiger partial charge in [0.05, 0.1) is 5.52 Å². The van der Waals surface area contributed by atoms with Crippen LogP contribution in [-0.2, 0) is 11.3 Å².